The van der Waals surface area contributed by atoms with E-state index in [2.05, 4.69) is 0 Å². The Labute approximate surface area is 154 Å². The molecule has 1 N–H and O–H groups in total. The first kappa shape index (κ1) is 18.5. The predicted molar refractivity (Wildman–Crippen MR) is 99.2 cm³/mol. The number of fused-ring (bicyclic) bond motifs is 1. The molecule has 1 heterocycles. The van der Waals surface area contributed by atoms with Crippen LogP contribution in [0.4, 0.5) is 0 Å². The molecule has 5 heteroatoms. The number of methoxy groups -OCH3 is 1. The topological polar surface area (TPSA) is 66.8 Å². The largest absolute Gasteiger partial charge is 0.500 e. The van der Waals surface area contributed by atoms with Crippen LogP contribution < -0.4 is 0 Å². The first-order chi connectivity index (χ1) is 12.4. The van der Waals surface area contributed by atoms with Gasteiger partial charge in [-0.2, -0.15) is 0 Å². The van der Waals surface area contributed by atoms with Gasteiger partial charge in [-0.1, -0.05) is 37.5 Å². The van der Waals surface area contributed by atoms with Gasteiger partial charge >= 0.3 is 5.97 Å². The van der Waals surface area contributed by atoms with Crippen molar-refractivity contribution in [3.05, 3.63) is 46.7 Å². The molecule has 1 atom stereocenters. The lowest BCUT2D eigenvalue weighted by Crippen LogP contribution is -2.59. The Morgan fingerprint density at radius 1 is 1.38 bits per heavy atom. The minimum absolute atomic E-state index is 0.0848. The van der Waals surface area contributed by atoms with Crippen molar-refractivity contribution in [1.82, 2.24) is 4.90 Å². The zero-order valence-electron chi connectivity index (χ0n) is 15.7. The highest BCUT2D eigenvalue weighted by Crippen LogP contribution is 2.50. The van der Waals surface area contributed by atoms with Gasteiger partial charge < -0.3 is 14.7 Å². The maximum atomic E-state index is 13.4. The van der Waals surface area contributed by atoms with E-state index in [4.69, 9.17) is 4.74 Å². The molecule has 1 saturated carbocycles. The first-order valence-corrected chi connectivity index (χ1v) is 9.33. The maximum Gasteiger partial charge on any atom is 0.313 e. The van der Waals surface area contributed by atoms with E-state index in [9.17, 15) is 14.7 Å². The number of carboxylic acid groups (broad SMARTS) is 1. The highest BCUT2D eigenvalue weighted by Gasteiger charge is 2.56. The molecule has 26 heavy (non-hydrogen) atoms. The monoisotopic (exact) mass is 357 g/mol. The number of hydrogen-bond acceptors (Lipinski definition) is 3. The van der Waals surface area contributed by atoms with Crippen molar-refractivity contribution in [1.29, 1.82) is 0 Å². The number of aryl methyl sites for hydroxylation is 1. The third kappa shape index (κ3) is 2.89. The van der Waals surface area contributed by atoms with Crippen molar-refractivity contribution in [3.8, 4) is 0 Å². The predicted octanol–water partition coefficient (Wildman–Crippen LogP) is 3.87. The molecule has 2 aliphatic rings. The van der Waals surface area contributed by atoms with Gasteiger partial charge in [0.1, 0.15) is 11.7 Å². The molecule has 5 nitrogen and oxygen atoms in total. The van der Waals surface area contributed by atoms with Crippen molar-refractivity contribution in [2.24, 2.45) is 0 Å². The zero-order chi connectivity index (χ0) is 18.9. The lowest BCUT2D eigenvalue weighted by atomic mass is 9.71. The summed E-state index contributed by atoms with van der Waals surface area (Å²) in [4.78, 5) is 27.5. The average molecular weight is 357 g/mol. The summed E-state index contributed by atoms with van der Waals surface area (Å²) >= 11 is 0. The number of ether oxygens (including phenoxy) is 1. The molecule has 0 bridgehead atoms. The number of aliphatic carboxylic acids is 1. The second-order valence-electron chi connectivity index (χ2n) is 7.35. The average Bonchev–Trinajstić information content (AvgIpc) is 3.07. The number of carboxylic acids is 1. The third-order valence-corrected chi connectivity index (χ3v) is 5.79. The van der Waals surface area contributed by atoms with Gasteiger partial charge in [-0.3, -0.25) is 9.59 Å². The van der Waals surface area contributed by atoms with Crippen LogP contribution in [0.3, 0.4) is 0 Å². The number of rotatable bonds is 5. The summed E-state index contributed by atoms with van der Waals surface area (Å²) in [5.74, 6) is -0.919. The third-order valence-electron chi connectivity index (χ3n) is 5.79. The van der Waals surface area contributed by atoms with Gasteiger partial charge in [0.25, 0.3) is 5.91 Å². The SMILES string of the molecule is CC/C=C(/CN1C(=O)c2ccc(C)cc2C(C(=O)O)C12CCCC2)OC. The van der Waals surface area contributed by atoms with Gasteiger partial charge in [-0.05, 0) is 43.9 Å². The Morgan fingerprint density at radius 3 is 2.65 bits per heavy atom. The van der Waals surface area contributed by atoms with E-state index in [1.165, 1.54) is 0 Å². The van der Waals surface area contributed by atoms with Crippen LogP contribution in [0.5, 0.6) is 0 Å². The molecule has 3 rings (SSSR count). The van der Waals surface area contributed by atoms with Crippen molar-refractivity contribution in [2.75, 3.05) is 13.7 Å². The number of benzene rings is 1. The summed E-state index contributed by atoms with van der Waals surface area (Å²) in [5, 5.41) is 10.1. The fraction of sp³-hybridized carbons (Fsp3) is 0.524. The number of hydrogen-bond donors (Lipinski definition) is 1. The van der Waals surface area contributed by atoms with Crippen molar-refractivity contribution < 1.29 is 19.4 Å². The normalized spacial score (nSPS) is 21.8. The van der Waals surface area contributed by atoms with Crippen molar-refractivity contribution in [3.63, 3.8) is 0 Å². The highest BCUT2D eigenvalue weighted by atomic mass is 16.5. The molecule has 0 radical (unpaired) electrons. The van der Waals surface area contributed by atoms with Gasteiger partial charge in [0.05, 0.1) is 19.2 Å². The number of amides is 1. The van der Waals surface area contributed by atoms with E-state index in [1.807, 2.05) is 32.1 Å². The molecule has 1 aromatic carbocycles. The smallest absolute Gasteiger partial charge is 0.313 e. The number of carbonyl (C=O) groups excluding carboxylic acids is 1. The molecular weight excluding hydrogens is 330 g/mol. The Balaban J connectivity index is 2.17. The summed E-state index contributed by atoms with van der Waals surface area (Å²) in [6.07, 6.45) is 6.06. The standard InChI is InChI=1S/C21H27NO4/c1-4-7-15(26-3)13-22-19(23)16-9-8-14(2)12-17(16)18(20(24)25)21(22)10-5-6-11-21/h7-9,12,18H,4-6,10-11,13H2,1-3H3,(H,24,25)/b15-7-. The highest BCUT2D eigenvalue weighted by molar-refractivity contribution is 6.01. The van der Waals surface area contributed by atoms with E-state index in [1.54, 1.807) is 18.1 Å². The number of carbonyl (C=O) groups is 2. The number of nitrogens with zero attached hydrogens (tertiary/aromatic N) is 1. The van der Waals surface area contributed by atoms with E-state index < -0.39 is 17.4 Å². The molecular formula is C21H27NO4. The Hall–Kier alpha value is -2.30. The summed E-state index contributed by atoms with van der Waals surface area (Å²) in [6, 6.07) is 5.52. The molecule has 1 unspecified atom stereocenters. The Kier molecular flexibility index (Phi) is 5.08. The quantitative estimate of drug-likeness (QED) is 0.812. The van der Waals surface area contributed by atoms with Gasteiger partial charge in [0, 0.05) is 5.56 Å². The fourth-order valence-corrected chi connectivity index (χ4v) is 4.64. The lowest BCUT2D eigenvalue weighted by molar-refractivity contribution is -0.143. The molecule has 140 valence electrons. The van der Waals surface area contributed by atoms with Gasteiger partial charge in [0.15, 0.2) is 0 Å². The van der Waals surface area contributed by atoms with E-state index in [-0.39, 0.29) is 5.91 Å². The van der Waals surface area contributed by atoms with Crippen LogP contribution in [0.1, 0.15) is 66.4 Å². The summed E-state index contributed by atoms with van der Waals surface area (Å²) < 4.78 is 5.47. The van der Waals surface area contributed by atoms with Crippen LogP contribution >= 0.6 is 0 Å². The number of allylic oxidation sites excluding steroid dienone is 1. The van der Waals surface area contributed by atoms with Gasteiger partial charge in [-0.15, -0.1) is 0 Å². The van der Waals surface area contributed by atoms with Crippen LogP contribution in [0.15, 0.2) is 30.0 Å². The van der Waals surface area contributed by atoms with Crippen LogP contribution in [0.25, 0.3) is 0 Å². The van der Waals surface area contributed by atoms with Crippen LogP contribution in [0.2, 0.25) is 0 Å². The second kappa shape index (κ2) is 7.14. The van der Waals surface area contributed by atoms with E-state index >= 15 is 0 Å². The molecule has 1 aromatic rings. The molecule has 1 amide bonds. The van der Waals surface area contributed by atoms with Gasteiger partial charge in [0.2, 0.25) is 0 Å². The van der Waals surface area contributed by atoms with Crippen LogP contribution in [-0.2, 0) is 9.53 Å². The minimum atomic E-state index is -0.852. The molecule has 0 saturated heterocycles. The Bertz CT molecular complexity index is 746. The molecule has 1 aliphatic carbocycles. The fourth-order valence-electron chi connectivity index (χ4n) is 4.64. The second-order valence-corrected chi connectivity index (χ2v) is 7.35. The van der Waals surface area contributed by atoms with Gasteiger partial charge in [-0.25, -0.2) is 0 Å². The molecule has 1 fully saturated rings. The molecule has 0 aromatic heterocycles. The van der Waals surface area contributed by atoms with Crippen LogP contribution in [0, 0.1) is 6.92 Å². The molecule has 1 aliphatic heterocycles. The first-order valence-electron chi connectivity index (χ1n) is 9.33. The lowest BCUT2D eigenvalue weighted by Gasteiger charge is -2.49. The van der Waals surface area contributed by atoms with E-state index in [0.29, 0.717) is 36.3 Å². The minimum Gasteiger partial charge on any atom is -0.500 e. The molecule has 1 spiro atoms. The maximum absolute atomic E-state index is 13.4. The summed E-state index contributed by atoms with van der Waals surface area (Å²) in [6.45, 7) is 4.27. The zero-order valence-corrected chi connectivity index (χ0v) is 15.7. The van der Waals surface area contributed by atoms with E-state index in [0.717, 1.165) is 24.8 Å². The summed E-state index contributed by atoms with van der Waals surface area (Å²) in [5.41, 5.74) is 1.48. The van der Waals surface area contributed by atoms with Crippen LogP contribution in [-0.4, -0.2) is 41.1 Å². The van der Waals surface area contributed by atoms with Crippen molar-refractivity contribution >= 4 is 11.9 Å². The Morgan fingerprint density at radius 2 is 2.08 bits per heavy atom. The van der Waals surface area contributed by atoms with Crippen molar-refractivity contribution in [2.45, 2.75) is 57.4 Å². The summed E-state index contributed by atoms with van der Waals surface area (Å²) in [7, 11) is 1.60.